The lowest BCUT2D eigenvalue weighted by Gasteiger charge is -2.53. The third-order valence-electron chi connectivity index (χ3n) is 10.1. The monoisotopic (exact) mass is 602 g/mol. The molecule has 5 fully saturated rings. The molecule has 0 saturated carbocycles. The number of ketones is 1. The van der Waals surface area contributed by atoms with Crippen molar-refractivity contribution in [2.24, 2.45) is 17.8 Å². The Labute approximate surface area is 253 Å². The highest BCUT2D eigenvalue weighted by molar-refractivity contribution is 6.27. The van der Waals surface area contributed by atoms with E-state index < -0.39 is 59.5 Å². The number of aliphatic hydroxyl groups excluding tert-OH is 2. The van der Waals surface area contributed by atoms with Gasteiger partial charge in [-0.2, -0.15) is 0 Å². The molecule has 5 heterocycles. The van der Waals surface area contributed by atoms with E-state index >= 15 is 0 Å². The van der Waals surface area contributed by atoms with Gasteiger partial charge in [0.1, 0.15) is 29.2 Å². The lowest BCUT2D eigenvalue weighted by Crippen LogP contribution is -2.63. The van der Waals surface area contributed by atoms with Gasteiger partial charge in [0.25, 0.3) is 5.91 Å². The SMILES string of the molecule is CNC(=O)[C@@H](C)[C@H]1C(=O)\C(=C(O)/C=C/C(C)=C/[C@@H](C)[C@@H]2O[C@]3(C)O[C@@H](CC[C@]34CO4)[C@@H]2C)C(=O)N1[C@@H]1CC[C@H](O)[C@H](C)O1. The average Bonchev–Trinajstić information content (AvgIpc) is 3.71. The number of likely N-dealkylation sites (tertiary alicyclic amines) is 1. The van der Waals surface area contributed by atoms with Crippen LogP contribution in [0.5, 0.6) is 0 Å². The van der Waals surface area contributed by atoms with E-state index in [1.165, 1.54) is 18.0 Å². The summed E-state index contributed by atoms with van der Waals surface area (Å²) in [4.78, 5) is 41.1. The first-order valence-corrected chi connectivity index (χ1v) is 15.4. The van der Waals surface area contributed by atoms with Crippen molar-refractivity contribution in [1.29, 1.82) is 0 Å². The third-order valence-corrected chi connectivity index (χ3v) is 10.1. The molecule has 0 aromatic rings. The minimum Gasteiger partial charge on any atom is -0.507 e. The maximum Gasteiger partial charge on any atom is 0.264 e. The second-order valence-electron chi connectivity index (χ2n) is 13.1. The largest absolute Gasteiger partial charge is 0.507 e. The lowest BCUT2D eigenvalue weighted by atomic mass is 9.78. The smallest absolute Gasteiger partial charge is 0.264 e. The number of hydrogen-bond acceptors (Lipinski definition) is 9. The highest BCUT2D eigenvalue weighted by Crippen LogP contribution is 2.55. The Kier molecular flexibility index (Phi) is 8.69. The van der Waals surface area contributed by atoms with E-state index in [2.05, 4.69) is 19.2 Å². The molecular formula is C32H46N2O9. The molecule has 5 aliphatic heterocycles. The summed E-state index contributed by atoms with van der Waals surface area (Å²) in [6.07, 6.45) is 5.51. The van der Waals surface area contributed by atoms with Crippen LogP contribution in [0.3, 0.4) is 0 Å². The van der Waals surface area contributed by atoms with E-state index in [1.54, 1.807) is 19.9 Å². The van der Waals surface area contributed by atoms with Crippen LogP contribution >= 0.6 is 0 Å². The summed E-state index contributed by atoms with van der Waals surface area (Å²) >= 11 is 0. The molecule has 11 atom stereocenters. The van der Waals surface area contributed by atoms with Gasteiger partial charge in [-0.1, -0.05) is 38.5 Å². The average molecular weight is 603 g/mol. The van der Waals surface area contributed by atoms with Crippen LogP contribution in [-0.2, 0) is 33.3 Å². The van der Waals surface area contributed by atoms with Crippen LogP contribution in [0, 0.1) is 17.8 Å². The fourth-order valence-electron chi connectivity index (χ4n) is 7.26. The second kappa shape index (κ2) is 11.7. The number of amides is 2. The topological polar surface area (TPSA) is 147 Å². The quantitative estimate of drug-likeness (QED) is 0.132. The standard InChI is InChI=1S/C32H46N2O9/c1-16(14-17(2)28-18(3)23-12-13-32(15-40-32)31(6,42-23)43-28)8-9-22(36)25-27(37)26(19(4)29(38)33-7)34(30(25)39)24-11-10-21(35)20(5)41-24/h8-9,14,17-21,23-24,26,28,35-36H,10-13,15H2,1-7H3,(H,33,38)/b9-8+,16-14+,25-22-/t17-,18+,19+,20+,21+,23+,24+,26+,28+,31+,32+/m1/s1. The van der Waals surface area contributed by atoms with Gasteiger partial charge >= 0.3 is 0 Å². The van der Waals surface area contributed by atoms with Crippen LogP contribution in [0.15, 0.2) is 35.1 Å². The van der Waals surface area contributed by atoms with Crippen LogP contribution in [-0.4, -0.2) is 94.4 Å². The second-order valence-corrected chi connectivity index (χ2v) is 13.1. The van der Waals surface area contributed by atoms with E-state index in [4.69, 9.17) is 18.9 Å². The predicted molar refractivity (Wildman–Crippen MR) is 155 cm³/mol. The molecule has 0 unspecified atom stereocenters. The first kappa shape index (κ1) is 31.8. The molecule has 5 rings (SSSR count). The zero-order chi connectivity index (χ0) is 31.4. The van der Waals surface area contributed by atoms with Crippen LogP contribution in [0.25, 0.3) is 0 Å². The van der Waals surface area contributed by atoms with Crippen molar-refractivity contribution in [3.63, 3.8) is 0 Å². The summed E-state index contributed by atoms with van der Waals surface area (Å²) in [6.45, 7) is 12.0. The van der Waals surface area contributed by atoms with Crippen LogP contribution in [0.4, 0.5) is 0 Å². The summed E-state index contributed by atoms with van der Waals surface area (Å²) < 4.78 is 24.5. The van der Waals surface area contributed by atoms with E-state index in [9.17, 15) is 24.6 Å². The molecule has 0 aromatic carbocycles. The van der Waals surface area contributed by atoms with E-state index in [0.717, 1.165) is 18.4 Å². The number of Topliss-reactive ketones (excluding diaryl/α,β-unsaturated/α-hetero) is 1. The number of allylic oxidation sites excluding steroid dienone is 3. The molecule has 0 aromatic heterocycles. The number of fused-ring (bicyclic) bond motifs is 3. The van der Waals surface area contributed by atoms with Gasteiger partial charge in [-0.3, -0.25) is 14.4 Å². The number of nitrogens with zero attached hydrogens (tertiary/aromatic N) is 1. The first-order valence-electron chi connectivity index (χ1n) is 15.4. The first-order chi connectivity index (χ1) is 20.2. The Morgan fingerprint density at radius 2 is 1.84 bits per heavy atom. The molecule has 11 nitrogen and oxygen atoms in total. The number of carbonyl (C=O) groups excluding carboxylic acids is 3. The number of aliphatic hydroxyl groups is 2. The van der Waals surface area contributed by atoms with Crippen molar-refractivity contribution in [3.8, 4) is 0 Å². The Balaban J connectivity index is 1.36. The molecule has 5 saturated heterocycles. The minimum atomic E-state index is -1.14. The summed E-state index contributed by atoms with van der Waals surface area (Å²) in [5.74, 6) is -3.70. The fraction of sp³-hybridized carbons (Fsp3) is 0.719. The predicted octanol–water partition coefficient (Wildman–Crippen LogP) is 2.68. The Hall–Kier alpha value is -2.57. The fourth-order valence-corrected chi connectivity index (χ4v) is 7.26. The summed E-state index contributed by atoms with van der Waals surface area (Å²) in [5.41, 5.74) is 0.0790. The van der Waals surface area contributed by atoms with Crippen molar-refractivity contribution < 1.29 is 43.5 Å². The van der Waals surface area contributed by atoms with Crippen molar-refractivity contribution in [2.45, 2.75) is 115 Å². The lowest BCUT2D eigenvalue weighted by molar-refractivity contribution is -0.373. The molecule has 2 bridgehead atoms. The summed E-state index contributed by atoms with van der Waals surface area (Å²) in [5, 5.41) is 23.7. The van der Waals surface area contributed by atoms with Gasteiger partial charge < -0.3 is 39.4 Å². The molecule has 0 radical (unpaired) electrons. The van der Waals surface area contributed by atoms with Gasteiger partial charge in [-0.25, -0.2) is 0 Å². The number of nitrogens with one attached hydrogen (secondary N) is 1. The normalized spacial score (nSPS) is 42.4. The van der Waals surface area contributed by atoms with Crippen molar-refractivity contribution in [1.82, 2.24) is 10.2 Å². The van der Waals surface area contributed by atoms with E-state index in [1.807, 2.05) is 19.9 Å². The van der Waals surface area contributed by atoms with Gasteiger partial charge in [-0.05, 0) is 52.5 Å². The van der Waals surface area contributed by atoms with Crippen molar-refractivity contribution >= 4 is 17.6 Å². The Morgan fingerprint density at radius 1 is 1.14 bits per heavy atom. The zero-order valence-corrected chi connectivity index (χ0v) is 26.2. The molecule has 0 aliphatic carbocycles. The number of rotatable bonds is 7. The van der Waals surface area contributed by atoms with E-state index in [-0.39, 0.29) is 35.2 Å². The van der Waals surface area contributed by atoms with Gasteiger partial charge in [-0.15, -0.1) is 0 Å². The van der Waals surface area contributed by atoms with Gasteiger partial charge in [0.2, 0.25) is 5.91 Å². The Bertz CT molecular complexity index is 1240. The number of epoxide rings is 1. The van der Waals surface area contributed by atoms with Gasteiger partial charge in [0.15, 0.2) is 11.6 Å². The van der Waals surface area contributed by atoms with Crippen molar-refractivity contribution in [2.75, 3.05) is 13.7 Å². The highest BCUT2D eigenvalue weighted by atomic mass is 16.8. The maximum absolute atomic E-state index is 13.6. The molecule has 238 valence electrons. The molecule has 2 amide bonds. The molecule has 5 aliphatic rings. The van der Waals surface area contributed by atoms with Crippen LogP contribution in [0.2, 0.25) is 0 Å². The summed E-state index contributed by atoms with van der Waals surface area (Å²) in [6, 6.07) is -1.14. The molecule has 1 spiro atoms. The summed E-state index contributed by atoms with van der Waals surface area (Å²) in [7, 11) is 1.46. The molecule has 3 N–H and O–H groups in total. The minimum absolute atomic E-state index is 0.0119. The highest BCUT2D eigenvalue weighted by Gasteiger charge is 2.67. The van der Waals surface area contributed by atoms with E-state index in [0.29, 0.717) is 19.4 Å². The van der Waals surface area contributed by atoms with Crippen LogP contribution in [0.1, 0.15) is 67.2 Å². The Morgan fingerprint density at radius 3 is 2.47 bits per heavy atom. The van der Waals surface area contributed by atoms with Gasteiger partial charge in [0.05, 0.1) is 36.9 Å². The number of ether oxygens (including phenoxy) is 4. The van der Waals surface area contributed by atoms with Crippen LogP contribution < -0.4 is 5.32 Å². The molecular weight excluding hydrogens is 556 g/mol. The molecule has 11 heteroatoms. The van der Waals surface area contributed by atoms with Crippen molar-refractivity contribution in [3.05, 3.63) is 35.1 Å². The van der Waals surface area contributed by atoms with Gasteiger partial charge in [0, 0.05) is 18.9 Å². The number of carbonyl (C=O) groups is 3. The molecule has 43 heavy (non-hydrogen) atoms. The third kappa shape index (κ3) is 5.59. The number of hydrogen-bond donors (Lipinski definition) is 3. The zero-order valence-electron chi connectivity index (χ0n) is 26.2. The maximum atomic E-state index is 13.6.